The quantitative estimate of drug-likeness (QED) is 0.380. The molecule has 31 heavy (non-hydrogen) atoms. The van der Waals surface area contributed by atoms with Crippen LogP contribution in [0.5, 0.6) is 5.75 Å². The Hall–Kier alpha value is -3.61. The van der Waals surface area contributed by atoms with Gasteiger partial charge in [-0.25, -0.2) is 18.7 Å². The minimum atomic E-state index is -0.905. The number of pyridine rings is 1. The Morgan fingerprint density at radius 2 is 1.90 bits per heavy atom. The van der Waals surface area contributed by atoms with Crippen molar-refractivity contribution in [2.75, 3.05) is 19.0 Å². The van der Waals surface area contributed by atoms with Crippen molar-refractivity contribution in [1.29, 1.82) is 0 Å². The molecule has 4 rings (SSSR count). The van der Waals surface area contributed by atoms with Gasteiger partial charge in [-0.2, -0.15) is 0 Å². The zero-order valence-corrected chi connectivity index (χ0v) is 17.3. The molecule has 4 aromatic rings. The van der Waals surface area contributed by atoms with Crippen LogP contribution in [0.4, 0.5) is 14.6 Å². The normalized spacial score (nSPS) is 11.0. The van der Waals surface area contributed by atoms with Crippen molar-refractivity contribution < 1.29 is 13.5 Å². The number of fused-ring (bicyclic) bond motifs is 1. The largest absolute Gasteiger partial charge is 0.494 e. The number of unbranched alkanes of at least 4 members (excludes halogenated alkanes) is 1. The maximum absolute atomic E-state index is 14.5. The van der Waals surface area contributed by atoms with Crippen LogP contribution < -0.4 is 10.1 Å². The summed E-state index contributed by atoms with van der Waals surface area (Å²) in [5.74, 6) is -0.252. The van der Waals surface area contributed by atoms with Crippen molar-refractivity contribution in [3.05, 3.63) is 66.5 Å². The standard InChI is InChI=1S/C24H22F2N4O/c1-3-4-11-28-24-18-12-16(17-8-5-9-19(25)21(17)26)13-20(31-2)22(18)29-23(30-24)15-7-6-10-27-14-15/h5-10,12-14H,3-4,11H2,1-2H3,(H,28,29,30). The fourth-order valence-corrected chi connectivity index (χ4v) is 3.38. The lowest BCUT2D eigenvalue weighted by Gasteiger charge is -2.15. The highest BCUT2D eigenvalue weighted by Crippen LogP contribution is 2.37. The number of anilines is 1. The van der Waals surface area contributed by atoms with Crippen LogP contribution in [0, 0.1) is 11.6 Å². The van der Waals surface area contributed by atoms with Crippen LogP contribution >= 0.6 is 0 Å². The minimum absolute atomic E-state index is 0.149. The summed E-state index contributed by atoms with van der Waals surface area (Å²) >= 11 is 0. The van der Waals surface area contributed by atoms with E-state index < -0.39 is 11.6 Å². The average molecular weight is 420 g/mol. The number of rotatable bonds is 7. The molecule has 0 atom stereocenters. The molecule has 2 aromatic heterocycles. The Morgan fingerprint density at radius 3 is 2.65 bits per heavy atom. The van der Waals surface area contributed by atoms with Crippen LogP contribution in [0.3, 0.4) is 0 Å². The van der Waals surface area contributed by atoms with E-state index in [0.717, 1.165) is 31.0 Å². The minimum Gasteiger partial charge on any atom is -0.494 e. The lowest BCUT2D eigenvalue weighted by atomic mass is 10.0. The van der Waals surface area contributed by atoms with Crippen LogP contribution in [-0.4, -0.2) is 28.6 Å². The maximum atomic E-state index is 14.5. The predicted octanol–water partition coefficient (Wildman–Crippen LogP) is 5.86. The van der Waals surface area contributed by atoms with E-state index >= 15 is 0 Å². The Balaban J connectivity index is 1.95. The lowest BCUT2D eigenvalue weighted by molar-refractivity contribution is 0.419. The molecule has 0 fully saturated rings. The van der Waals surface area contributed by atoms with Crippen molar-refractivity contribution >= 4 is 16.7 Å². The zero-order chi connectivity index (χ0) is 21.8. The summed E-state index contributed by atoms with van der Waals surface area (Å²) in [6.07, 6.45) is 5.36. The third-order valence-electron chi connectivity index (χ3n) is 4.99. The van der Waals surface area contributed by atoms with Gasteiger partial charge in [0.05, 0.1) is 7.11 Å². The Morgan fingerprint density at radius 1 is 1.03 bits per heavy atom. The molecule has 158 valence electrons. The molecule has 5 nitrogen and oxygen atoms in total. The van der Waals surface area contributed by atoms with Gasteiger partial charge in [0.15, 0.2) is 17.5 Å². The van der Waals surface area contributed by atoms with Gasteiger partial charge >= 0.3 is 0 Å². The lowest BCUT2D eigenvalue weighted by Crippen LogP contribution is -2.06. The summed E-state index contributed by atoms with van der Waals surface area (Å²) in [5, 5.41) is 4.03. The average Bonchev–Trinajstić information content (AvgIpc) is 2.80. The molecule has 0 saturated carbocycles. The van der Waals surface area contributed by atoms with E-state index in [2.05, 4.69) is 17.2 Å². The fourth-order valence-electron chi connectivity index (χ4n) is 3.38. The van der Waals surface area contributed by atoms with E-state index in [1.54, 1.807) is 24.5 Å². The van der Waals surface area contributed by atoms with Crippen LogP contribution in [0.15, 0.2) is 54.9 Å². The molecular weight excluding hydrogens is 398 g/mol. The molecule has 0 amide bonds. The highest BCUT2D eigenvalue weighted by molar-refractivity contribution is 5.97. The summed E-state index contributed by atoms with van der Waals surface area (Å²) < 4.78 is 33.9. The second-order valence-electron chi connectivity index (χ2n) is 7.09. The van der Waals surface area contributed by atoms with Gasteiger partial charge < -0.3 is 10.1 Å². The summed E-state index contributed by atoms with van der Waals surface area (Å²) in [6, 6.07) is 11.2. The first-order valence-electron chi connectivity index (χ1n) is 10.1. The van der Waals surface area contributed by atoms with E-state index in [9.17, 15) is 8.78 Å². The van der Waals surface area contributed by atoms with Gasteiger partial charge in [0.25, 0.3) is 0 Å². The first-order valence-corrected chi connectivity index (χ1v) is 10.1. The predicted molar refractivity (Wildman–Crippen MR) is 118 cm³/mol. The maximum Gasteiger partial charge on any atom is 0.166 e. The summed E-state index contributed by atoms with van der Waals surface area (Å²) in [5.41, 5.74) is 1.98. The van der Waals surface area contributed by atoms with Crippen molar-refractivity contribution in [1.82, 2.24) is 15.0 Å². The molecule has 2 aromatic carbocycles. The highest BCUT2D eigenvalue weighted by atomic mass is 19.2. The molecule has 0 bridgehead atoms. The Bertz CT molecular complexity index is 1220. The number of nitrogens with zero attached hydrogens (tertiary/aromatic N) is 3. The van der Waals surface area contributed by atoms with Crippen LogP contribution in [0.2, 0.25) is 0 Å². The van der Waals surface area contributed by atoms with Gasteiger partial charge in [0.2, 0.25) is 0 Å². The molecule has 7 heteroatoms. The molecule has 2 heterocycles. The number of aromatic nitrogens is 3. The van der Waals surface area contributed by atoms with Gasteiger partial charge in [-0.05, 0) is 42.3 Å². The number of halogens is 2. The van der Waals surface area contributed by atoms with E-state index in [0.29, 0.717) is 33.9 Å². The van der Waals surface area contributed by atoms with E-state index in [1.165, 1.54) is 19.2 Å². The summed E-state index contributed by atoms with van der Waals surface area (Å²) in [7, 11) is 1.52. The first kappa shape index (κ1) is 20.7. The second-order valence-corrected chi connectivity index (χ2v) is 7.09. The summed E-state index contributed by atoms with van der Waals surface area (Å²) in [4.78, 5) is 13.6. The smallest absolute Gasteiger partial charge is 0.166 e. The van der Waals surface area contributed by atoms with Crippen molar-refractivity contribution in [3.63, 3.8) is 0 Å². The SMILES string of the molecule is CCCCNc1nc(-c2cccnc2)nc2c(OC)cc(-c3cccc(F)c3F)cc12. The number of hydrogen-bond donors (Lipinski definition) is 1. The molecule has 0 radical (unpaired) electrons. The van der Waals surface area contributed by atoms with Gasteiger partial charge in [0, 0.05) is 35.5 Å². The number of ether oxygens (including phenoxy) is 1. The van der Waals surface area contributed by atoms with E-state index in [1.807, 2.05) is 12.1 Å². The fraction of sp³-hybridized carbons (Fsp3) is 0.208. The molecule has 0 saturated heterocycles. The van der Waals surface area contributed by atoms with E-state index in [4.69, 9.17) is 14.7 Å². The molecule has 1 N–H and O–H groups in total. The van der Waals surface area contributed by atoms with Crippen LogP contribution in [0.25, 0.3) is 33.4 Å². The highest BCUT2D eigenvalue weighted by Gasteiger charge is 2.18. The molecule has 0 aliphatic heterocycles. The third-order valence-corrected chi connectivity index (χ3v) is 4.99. The van der Waals surface area contributed by atoms with Gasteiger partial charge in [-0.3, -0.25) is 4.98 Å². The number of benzene rings is 2. The van der Waals surface area contributed by atoms with Crippen molar-refractivity contribution in [2.24, 2.45) is 0 Å². The second kappa shape index (κ2) is 9.04. The first-order chi connectivity index (χ1) is 15.1. The third kappa shape index (κ3) is 4.17. The molecule has 0 unspecified atom stereocenters. The topological polar surface area (TPSA) is 59.9 Å². The van der Waals surface area contributed by atoms with Crippen molar-refractivity contribution in [3.8, 4) is 28.3 Å². The van der Waals surface area contributed by atoms with Crippen LogP contribution in [0.1, 0.15) is 19.8 Å². The van der Waals surface area contributed by atoms with Crippen LogP contribution in [-0.2, 0) is 0 Å². The number of nitrogens with one attached hydrogen (secondary N) is 1. The molecule has 0 spiro atoms. The van der Waals surface area contributed by atoms with Gasteiger partial charge in [-0.15, -0.1) is 0 Å². The van der Waals surface area contributed by atoms with E-state index in [-0.39, 0.29) is 5.56 Å². The van der Waals surface area contributed by atoms with Crippen molar-refractivity contribution in [2.45, 2.75) is 19.8 Å². The molecule has 0 aliphatic carbocycles. The number of methoxy groups -OCH3 is 1. The monoisotopic (exact) mass is 420 g/mol. The zero-order valence-electron chi connectivity index (χ0n) is 17.3. The molecular formula is C24H22F2N4O. The summed E-state index contributed by atoms with van der Waals surface area (Å²) in [6.45, 7) is 2.82. The van der Waals surface area contributed by atoms with Gasteiger partial charge in [-0.1, -0.05) is 25.5 Å². The van der Waals surface area contributed by atoms with Gasteiger partial charge in [0.1, 0.15) is 17.1 Å². The molecule has 0 aliphatic rings. The Kier molecular flexibility index (Phi) is 6.02. The Labute approximate surface area is 179 Å². The number of hydrogen-bond acceptors (Lipinski definition) is 5.